The molecule has 4 heterocycles. The quantitative estimate of drug-likeness (QED) is 0.622. The molecule has 5 rings (SSSR count). The van der Waals surface area contributed by atoms with Crippen molar-refractivity contribution in [1.29, 1.82) is 0 Å². The van der Waals surface area contributed by atoms with Gasteiger partial charge in [-0.25, -0.2) is 9.97 Å². The first kappa shape index (κ1) is 22.3. The molecule has 0 spiro atoms. The zero-order chi connectivity index (χ0) is 22.8. The van der Waals surface area contributed by atoms with Crippen molar-refractivity contribution in [2.45, 2.75) is 13.5 Å². The molecule has 0 amide bonds. The summed E-state index contributed by atoms with van der Waals surface area (Å²) in [6.45, 7) is 10.8. The van der Waals surface area contributed by atoms with E-state index in [1.165, 1.54) is 15.1 Å². The van der Waals surface area contributed by atoms with Crippen LogP contribution in [0.4, 0.5) is 5.82 Å². The van der Waals surface area contributed by atoms with Crippen molar-refractivity contribution < 1.29 is 4.74 Å². The van der Waals surface area contributed by atoms with Gasteiger partial charge in [-0.15, -0.1) is 11.3 Å². The zero-order valence-corrected chi connectivity index (χ0v) is 20.3. The number of likely N-dealkylation sites (N-methyl/N-ethyl adjacent to an activating group) is 1. The third-order valence-electron chi connectivity index (χ3n) is 6.60. The van der Waals surface area contributed by atoms with E-state index < -0.39 is 0 Å². The van der Waals surface area contributed by atoms with Gasteiger partial charge in [0, 0.05) is 56.3 Å². The molecule has 8 heteroatoms. The lowest BCUT2D eigenvalue weighted by molar-refractivity contribution is 0.122. The van der Waals surface area contributed by atoms with Gasteiger partial charge in [0.2, 0.25) is 0 Å². The maximum absolute atomic E-state index is 5.72. The molecule has 0 atom stereocenters. The van der Waals surface area contributed by atoms with E-state index in [1.54, 1.807) is 6.20 Å². The molecular formula is C25H32N6OS. The van der Waals surface area contributed by atoms with Crippen LogP contribution in [-0.2, 0) is 11.3 Å². The second kappa shape index (κ2) is 9.77. The van der Waals surface area contributed by atoms with E-state index in [0.717, 1.165) is 87.3 Å². The Morgan fingerprint density at radius 2 is 1.82 bits per heavy atom. The Labute approximate surface area is 199 Å². The molecule has 2 saturated heterocycles. The van der Waals surface area contributed by atoms with Gasteiger partial charge in [0.25, 0.3) is 0 Å². The van der Waals surface area contributed by atoms with Gasteiger partial charge in [0.05, 0.1) is 23.4 Å². The number of morpholine rings is 1. The summed E-state index contributed by atoms with van der Waals surface area (Å²) in [6, 6.07) is 8.18. The van der Waals surface area contributed by atoms with Crippen LogP contribution in [0, 0.1) is 6.92 Å². The first-order chi connectivity index (χ1) is 16.1. The smallest absolute Gasteiger partial charge is 0.162 e. The number of benzene rings is 1. The third kappa shape index (κ3) is 4.61. The number of nitrogens with two attached hydrogens (primary N) is 1. The number of hydrogen-bond acceptors (Lipinski definition) is 8. The summed E-state index contributed by atoms with van der Waals surface area (Å²) >= 11 is 1.86. The molecule has 0 unspecified atom stereocenters. The lowest BCUT2D eigenvalue weighted by Gasteiger charge is -2.32. The van der Waals surface area contributed by atoms with Crippen LogP contribution < -0.4 is 10.6 Å². The number of anilines is 1. The summed E-state index contributed by atoms with van der Waals surface area (Å²) in [4.78, 5) is 18.9. The van der Waals surface area contributed by atoms with Gasteiger partial charge in [0.1, 0.15) is 0 Å². The highest BCUT2D eigenvalue weighted by Gasteiger charge is 2.24. The SMILES string of the molecule is Cc1c(CN2CCN(C)CC2)sc2c(N3CCOCC3)nc(-c3ccccc3/C=C\N)nc12. The van der Waals surface area contributed by atoms with Gasteiger partial charge < -0.3 is 20.3 Å². The maximum Gasteiger partial charge on any atom is 0.162 e. The molecule has 2 N–H and O–H groups in total. The van der Waals surface area contributed by atoms with Gasteiger partial charge in [-0.2, -0.15) is 0 Å². The van der Waals surface area contributed by atoms with Crippen molar-refractivity contribution >= 4 is 33.4 Å². The molecule has 7 nitrogen and oxygen atoms in total. The Balaban J connectivity index is 1.60. The maximum atomic E-state index is 5.72. The van der Waals surface area contributed by atoms with Gasteiger partial charge in [-0.1, -0.05) is 24.3 Å². The number of nitrogens with zero attached hydrogens (tertiary/aromatic N) is 5. The topological polar surface area (TPSA) is 70.8 Å². The van der Waals surface area contributed by atoms with Crippen molar-refractivity contribution in [3.63, 3.8) is 0 Å². The standard InChI is InChI=1S/C25H32N6OS/c1-18-21(17-30-11-9-29(2)10-12-30)33-23-22(18)27-24(20-6-4-3-5-19(20)7-8-26)28-25(23)31-13-15-32-16-14-31/h3-8H,9-17,26H2,1-2H3/b8-7-. The molecule has 2 aromatic heterocycles. The lowest BCUT2D eigenvalue weighted by atomic mass is 10.1. The molecule has 3 aromatic rings. The normalized spacial score (nSPS) is 18.5. The number of thiophene rings is 1. The minimum absolute atomic E-state index is 0.728. The van der Waals surface area contributed by atoms with Gasteiger partial charge in [-0.3, -0.25) is 4.90 Å². The van der Waals surface area contributed by atoms with Crippen LogP contribution in [0.5, 0.6) is 0 Å². The van der Waals surface area contributed by atoms with Crippen LogP contribution in [0.1, 0.15) is 16.0 Å². The minimum Gasteiger partial charge on any atom is -0.405 e. The highest BCUT2D eigenvalue weighted by molar-refractivity contribution is 7.19. The number of aryl methyl sites for hydroxylation is 1. The number of hydrogen-bond donors (Lipinski definition) is 1. The van der Waals surface area contributed by atoms with Gasteiger partial charge in [-0.05, 0) is 37.4 Å². The Hall–Kier alpha value is -2.52. The van der Waals surface area contributed by atoms with Crippen LogP contribution in [0.25, 0.3) is 27.7 Å². The first-order valence-corrected chi connectivity index (χ1v) is 12.5. The van der Waals surface area contributed by atoms with Crippen molar-refractivity contribution in [3.8, 4) is 11.4 Å². The van der Waals surface area contributed by atoms with Crippen LogP contribution in [-0.4, -0.2) is 79.3 Å². The summed E-state index contributed by atoms with van der Waals surface area (Å²) in [5.74, 6) is 1.78. The minimum atomic E-state index is 0.728. The van der Waals surface area contributed by atoms with Crippen molar-refractivity contribution in [2.75, 3.05) is 64.4 Å². The highest BCUT2D eigenvalue weighted by Crippen LogP contribution is 2.38. The van der Waals surface area contributed by atoms with Crippen LogP contribution >= 0.6 is 11.3 Å². The Morgan fingerprint density at radius 1 is 1.06 bits per heavy atom. The van der Waals surface area contributed by atoms with Crippen LogP contribution in [0.15, 0.2) is 30.5 Å². The molecule has 2 aliphatic heterocycles. The number of aromatic nitrogens is 2. The summed E-state index contributed by atoms with van der Waals surface area (Å²) in [5, 5.41) is 0. The van der Waals surface area contributed by atoms with E-state index in [1.807, 2.05) is 29.5 Å². The summed E-state index contributed by atoms with van der Waals surface area (Å²) in [5.41, 5.74) is 10.1. The average Bonchev–Trinajstić information content (AvgIpc) is 3.16. The van der Waals surface area contributed by atoms with E-state index >= 15 is 0 Å². The highest BCUT2D eigenvalue weighted by atomic mass is 32.1. The van der Waals surface area contributed by atoms with E-state index in [-0.39, 0.29) is 0 Å². The molecule has 33 heavy (non-hydrogen) atoms. The van der Waals surface area contributed by atoms with Gasteiger partial charge >= 0.3 is 0 Å². The summed E-state index contributed by atoms with van der Waals surface area (Å²) in [6.07, 6.45) is 3.49. The fourth-order valence-electron chi connectivity index (χ4n) is 4.54. The number of rotatable bonds is 5. The lowest BCUT2D eigenvalue weighted by Crippen LogP contribution is -2.43. The predicted octanol–water partition coefficient (Wildman–Crippen LogP) is 3.18. The molecule has 2 aliphatic rings. The van der Waals surface area contributed by atoms with Crippen molar-refractivity contribution in [1.82, 2.24) is 19.8 Å². The third-order valence-corrected chi connectivity index (χ3v) is 7.86. The Bertz CT molecular complexity index is 1150. The molecule has 0 bridgehead atoms. The molecule has 0 aliphatic carbocycles. The number of fused-ring (bicyclic) bond motifs is 1. The number of piperazine rings is 1. The largest absolute Gasteiger partial charge is 0.405 e. The number of ether oxygens (including phenoxy) is 1. The predicted molar refractivity (Wildman–Crippen MR) is 137 cm³/mol. The fourth-order valence-corrected chi connectivity index (χ4v) is 5.84. The molecule has 0 saturated carbocycles. The molecule has 2 fully saturated rings. The van der Waals surface area contributed by atoms with E-state index in [9.17, 15) is 0 Å². The van der Waals surface area contributed by atoms with E-state index in [4.69, 9.17) is 20.4 Å². The molecule has 1 aromatic carbocycles. The van der Waals surface area contributed by atoms with Gasteiger partial charge in [0.15, 0.2) is 11.6 Å². The van der Waals surface area contributed by atoms with Crippen LogP contribution in [0.3, 0.4) is 0 Å². The summed E-state index contributed by atoms with van der Waals surface area (Å²) < 4.78 is 6.81. The molecule has 0 radical (unpaired) electrons. The van der Waals surface area contributed by atoms with E-state index in [0.29, 0.717) is 0 Å². The summed E-state index contributed by atoms with van der Waals surface area (Å²) in [7, 11) is 2.20. The fraction of sp³-hybridized carbons (Fsp3) is 0.440. The molecule has 174 valence electrons. The van der Waals surface area contributed by atoms with Crippen LogP contribution in [0.2, 0.25) is 0 Å². The van der Waals surface area contributed by atoms with Crippen molar-refractivity contribution in [3.05, 3.63) is 46.5 Å². The second-order valence-corrected chi connectivity index (χ2v) is 9.93. The monoisotopic (exact) mass is 464 g/mol. The Morgan fingerprint density at radius 3 is 2.58 bits per heavy atom. The first-order valence-electron chi connectivity index (χ1n) is 11.7. The average molecular weight is 465 g/mol. The van der Waals surface area contributed by atoms with Crippen molar-refractivity contribution in [2.24, 2.45) is 5.73 Å². The Kier molecular flexibility index (Phi) is 6.59. The zero-order valence-electron chi connectivity index (χ0n) is 19.5. The second-order valence-electron chi connectivity index (χ2n) is 8.82. The van der Waals surface area contributed by atoms with E-state index in [2.05, 4.69) is 40.8 Å². The molecular weight excluding hydrogens is 432 g/mol.